The van der Waals surface area contributed by atoms with Crippen molar-refractivity contribution in [2.24, 2.45) is 0 Å². The number of unbranched alkanes of at least 4 members (excludes halogenated alkanes) is 1. The number of fused-ring (bicyclic) bond motifs is 1. The summed E-state index contributed by atoms with van der Waals surface area (Å²) in [6.07, 6.45) is 3.73. The molecule has 0 aliphatic carbocycles. The monoisotopic (exact) mass is 379 g/mol. The van der Waals surface area contributed by atoms with E-state index in [0.717, 1.165) is 54.5 Å². The average molecular weight is 379 g/mol. The maximum absolute atomic E-state index is 11.5. The maximum Gasteiger partial charge on any atom is 0.337 e. The van der Waals surface area contributed by atoms with E-state index >= 15 is 0 Å². The summed E-state index contributed by atoms with van der Waals surface area (Å²) < 4.78 is 4.73. The molecule has 2 aromatic heterocycles. The van der Waals surface area contributed by atoms with E-state index in [1.165, 1.54) is 7.11 Å². The molecule has 0 atom stereocenters. The van der Waals surface area contributed by atoms with Gasteiger partial charge in [-0.05, 0) is 49.1 Å². The van der Waals surface area contributed by atoms with Crippen LogP contribution in [0, 0.1) is 0 Å². The Balaban J connectivity index is 1.75. The lowest BCUT2D eigenvalue weighted by molar-refractivity contribution is 0.0600. The fourth-order valence-corrected chi connectivity index (χ4v) is 2.92. The van der Waals surface area contributed by atoms with Crippen molar-refractivity contribution in [1.82, 2.24) is 15.0 Å². The Hall–Kier alpha value is -3.22. The lowest BCUT2D eigenvalue weighted by atomic mass is 10.1. The first-order valence-corrected chi connectivity index (χ1v) is 9.45. The number of nitrogen functional groups attached to an aromatic ring is 1. The molecule has 3 aromatic rings. The van der Waals surface area contributed by atoms with E-state index in [1.807, 2.05) is 24.3 Å². The second-order valence-electron chi connectivity index (χ2n) is 6.57. The van der Waals surface area contributed by atoms with Crippen molar-refractivity contribution in [2.45, 2.75) is 32.6 Å². The molecule has 0 fully saturated rings. The summed E-state index contributed by atoms with van der Waals surface area (Å²) in [7, 11) is 1.38. The number of nitrogens with zero attached hydrogens (tertiary/aromatic N) is 3. The van der Waals surface area contributed by atoms with Gasteiger partial charge in [0.1, 0.15) is 5.52 Å². The minimum Gasteiger partial charge on any atom is -0.465 e. The van der Waals surface area contributed by atoms with Crippen LogP contribution in [0.4, 0.5) is 11.8 Å². The number of hydrogen-bond donors (Lipinski definition) is 2. The van der Waals surface area contributed by atoms with Crippen LogP contribution in [0.1, 0.15) is 41.4 Å². The number of anilines is 2. The van der Waals surface area contributed by atoms with Crippen molar-refractivity contribution in [3.8, 4) is 0 Å². The summed E-state index contributed by atoms with van der Waals surface area (Å²) >= 11 is 0. The van der Waals surface area contributed by atoms with Crippen LogP contribution in [0.15, 0.2) is 36.4 Å². The normalized spacial score (nSPS) is 10.8. The zero-order valence-electron chi connectivity index (χ0n) is 16.2. The molecule has 146 valence electrons. The lowest BCUT2D eigenvalue weighted by Crippen LogP contribution is -2.08. The molecule has 0 saturated heterocycles. The Bertz CT molecular complexity index is 957. The topological polar surface area (TPSA) is 103 Å². The molecule has 0 aliphatic rings. The van der Waals surface area contributed by atoms with Crippen LogP contribution in [-0.2, 0) is 17.6 Å². The average Bonchev–Trinajstić information content (AvgIpc) is 2.72. The van der Waals surface area contributed by atoms with Gasteiger partial charge in [-0.15, -0.1) is 0 Å². The molecule has 0 spiro atoms. The molecule has 28 heavy (non-hydrogen) atoms. The zero-order valence-corrected chi connectivity index (χ0v) is 16.2. The van der Waals surface area contributed by atoms with Gasteiger partial charge in [-0.25, -0.2) is 14.8 Å². The van der Waals surface area contributed by atoms with Gasteiger partial charge in [0.2, 0.25) is 5.95 Å². The smallest absolute Gasteiger partial charge is 0.337 e. The summed E-state index contributed by atoms with van der Waals surface area (Å²) in [4.78, 5) is 24.9. The minimum absolute atomic E-state index is 0.242. The van der Waals surface area contributed by atoms with Crippen molar-refractivity contribution in [3.05, 3.63) is 53.2 Å². The number of carbonyl (C=O) groups is 1. The number of methoxy groups -OCH3 is 1. The highest BCUT2D eigenvalue weighted by Crippen LogP contribution is 2.20. The number of aryl methyl sites for hydroxylation is 2. The number of hydrogen-bond acceptors (Lipinski definition) is 7. The fourth-order valence-electron chi connectivity index (χ4n) is 2.92. The van der Waals surface area contributed by atoms with Crippen LogP contribution in [0.5, 0.6) is 0 Å². The van der Waals surface area contributed by atoms with Crippen molar-refractivity contribution in [1.29, 1.82) is 0 Å². The Morgan fingerprint density at radius 3 is 2.57 bits per heavy atom. The van der Waals surface area contributed by atoms with Gasteiger partial charge in [0, 0.05) is 12.2 Å². The molecule has 0 radical (unpaired) electrons. The number of nitrogens with one attached hydrogen (secondary N) is 1. The van der Waals surface area contributed by atoms with Crippen LogP contribution in [-0.4, -0.2) is 34.6 Å². The van der Waals surface area contributed by atoms with Gasteiger partial charge in [0.05, 0.1) is 18.2 Å². The Kier molecular flexibility index (Phi) is 6.37. The number of pyridine rings is 1. The standard InChI is InChI=1S/C21H25N5O2/c1-3-4-13-23-19-18-17(25-21(22)26-19)12-11-16(24-18)10-7-14-5-8-15(9-6-14)20(27)28-2/h5-6,8-9,11-12H,3-4,7,10,13H2,1-2H3,(H3,22,23,25,26). The predicted octanol–water partition coefficient (Wildman–Crippen LogP) is 3.39. The first kappa shape index (κ1) is 19.5. The number of ether oxygens (including phenoxy) is 1. The molecule has 1 aromatic carbocycles. The molecule has 3 N–H and O–H groups in total. The van der Waals surface area contributed by atoms with Gasteiger partial charge in [0.25, 0.3) is 0 Å². The summed E-state index contributed by atoms with van der Waals surface area (Å²) in [6.45, 7) is 2.96. The maximum atomic E-state index is 11.5. The molecule has 2 heterocycles. The zero-order chi connectivity index (χ0) is 19.9. The van der Waals surface area contributed by atoms with Gasteiger partial charge in [-0.3, -0.25) is 0 Å². The molecule has 0 bridgehead atoms. The molecule has 7 heteroatoms. The third-order valence-electron chi connectivity index (χ3n) is 4.48. The van der Waals surface area contributed by atoms with Crippen LogP contribution < -0.4 is 11.1 Å². The number of rotatable bonds is 8. The molecule has 0 amide bonds. The van der Waals surface area contributed by atoms with Crippen LogP contribution >= 0.6 is 0 Å². The molecule has 0 saturated carbocycles. The third kappa shape index (κ3) is 4.73. The first-order valence-electron chi connectivity index (χ1n) is 9.45. The highest BCUT2D eigenvalue weighted by atomic mass is 16.5. The van der Waals surface area contributed by atoms with E-state index in [2.05, 4.69) is 22.2 Å². The third-order valence-corrected chi connectivity index (χ3v) is 4.48. The van der Waals surface area contributed by atoms with E-state index < -0.39 is 0 Å². The fraction of sp³-hybridized carbons (Fsp3) is 0.333. The van der Waals surface area contributed by atoms with Gasteiger partial charge >= 0.3 is 5.97 Å². The van der Waals surface area contributed by atoms with E-state index in [4.69, 9.17) is 15.5 Å². The number of carbonyl (C=O) groups excluding carboxylic acids is 1. The van der Waals surface area contributed by atoms with Gasteiger partial charge in [0.15, 0.2) is 5.82 Å². The highest BCUT2D eigenvalue weighted by molar-refractivity contribution is 5.89. The SMILES string of the molecule is CCCCNc1nc(N)nc2ccc(CCc3ccc(C(=O)OC)cc3)nc12. The van der Waals surface area contributed by atoms with Crippen LogP contribution in [0.25, 0.3) is 11.0 Å². The summed E-state index contributed by atoms with van der Waals surface area (Å²) in [6, 6.07) is 11.3. The Labute approximate surface area is 164 Å². The minimum atomic E-state index is -0.329. The molecular formula is C21H25N5O2. The van der Waals surface area contributed by atoms with Crippen molar-refractivity contribution in [3.63, 3.8) is 0 Å². The number of nitrogens with two attached hydrogens (primary N) is 1. The van der Waals surface area contributed by atoms with Gasteiger partial charge < -0.3 is 15.8 Å². The molecular weight excluding hydrogens is 354 g/mol. The van der Waals surface area contributed by atoms with Crippen LogP contribution in [0.3, 0.4) is 0 Å². The number of benzene rings is 1. The van der Waals surface area contributed by atoms with Crippen LogP contribution in [0.2, 0.25) is 0 Å². The van der Waals surface area contributed by atoms with E-state index in [-0.39, 0.29) is 11.9 Å². The quantitative estimate of drug-likeness (QED) is 0.457. The van der Waals surface area contributed by atoms with Crippen molar-refractivity contribution >= 4 is 28.8 Å². The van der Waals surface area contributed by atoms with Crippen molar-refractivity contribution < 1.29 is 9.53 Å². The van der Waals surface area contributed by atoms with E-state index in [0.29, 0.717) is 11.4 Å². The van der Waals surface area contributed by atoms with Gasteiger partial charge in [-0.1, -0.05) is 25.5 Å². The second kappa shape index (κ2) is 9.12. The highest BCUT2D eigenvalue weighted by Gasteiger charge is 2.09. The largest absolute Gasteiger partial charge is 0.465 e. The summed E-state index contributed by atoms with van der Waals surface area (Å²) in [5, 5.41) is 3.32. The number of aromatic nitrogens is 3. The summed E-state index contributed by atoms with van der Waals surface area (Å²) in [5.41, 5.74) is 9.93. The van der Waals surface area contributed by atoms with Crippen molar-refractivity contribution in [2.75, 3.05) is 24.7 Å². The molecule has 7 nitrogen and oxygen atoms in total. The second-order valence-corrected chi connectivity index (χ2v) is 6.57. The van der Waals surface area contributed by atoms with E-state index in [1.54, 1.807) is 12.1 Å². The molecule has 3 rings (SSSR count). The Morgan fingerprint density at radius 1 is 1.07 bits per heavy atom. The predicted molar refractivity (Wildman–Crippen MR) is 110 cm³/mol. The van der Waals surface area contributed by atoms with Gasteiger partial charge in [-0.2, -0.15) is 4.98 Å². The van der Waals surface area contributed by atoms with E-state index in [9.17, 15) is 4.79 Å². The number of esters is 1. The molecule has 0 aliphatic heterocycles. The lowest BCUT2D eigenvalue weighted by Gasteiger charge is -2.10. The first-order chi connectivity index (χ1) is 13.6. The molecule has 0 unspecified atom stereocenters. The summed E-state index contributed by atoms with van der Waals surface area (Å²) in [5.74, 6) is 0.595. The Morgan fingerprint density at radius 2 is 1.86 bits per heavy atom.